The number of benzene rings is 2. The first-order valence-electron chi connectivity index (χ1n) is 7.83. The molecule has 0 spiro atoms. The van der Waals surface area contributed by atoms with E-state index >= 15 is 0 Å². The molecule has 24 heavy (non-hydrogen) atoms. The molecule has 0 saturated heterocycles. The first-order valence-corrected chi connectivity index (χ1v) is 9.61. The van der Waals surface area contributed by atoms with Crippen molar-refractivity contribution in [1.82, 2.24) is 0 Å². The summed E-state index contributed by atoms with van der Waals surface area (Å²) < 4.78 is 14.2. The van der Waals surface area contributed by atoms with E-state index in [1.54, 1.807) is 13.0 Å². The largest absolute Gasteiger partial charge is 0.392 e. The summed E-state index contributed by atoms with van der Waals surface area (Å²) in [6, 6.07) is 18.4. The summed E-state index contributed by atoms with van der Waals surface area (Å²) in [5.41, 5.74) is -0.151. The summed E-state index contributed by atoms with van der Waals surface area (Å²) >= 11 is 0. The van der Waals surface area contributed by atoms with E-state index in [0.717, 1.165) is 0 Å². The van der Waals surface area contributed by atoms with E-state index in [9.17, 15) is 9.67 Å². The highest BCUT2D eigenvalue weighted by Gasteiger charge is 2.39. The minimum absolute atomic E-state index is 0.178. The number of aliphatic hydroxyl groups is 2. The van der Waals surface area contributed by atoms with E-state index in [4.69, 9.17) is 5.11 Å². The van der Waals surface area contributed by atoms with Crippen molar-refractivity contribution in [2.75, 3.05) is 6.61 Å². The van der Waals surface area contributed by atoms with E-state index in [1.165, 1.54) is 6.08 Å². The predicted octanol–water partition coefficient (Wildman–Crippen LogP) is 2.85. The lowest BCUT2D eigenvalue weighted by Gasteiger charge is -2.30. The maximum Gasteiger partial charge on any atom is 0.152 e. The minimum Gasteiger partial charge on any atom is -0.392 e. The Balaban J connectivity index is 2.70. The maximum atomic E-state index is 14.2. The van der Waals surface area contributed by atoms with Crippen molar-refractivity contribution in [2.24, 2.45) is 0 Å². The van der Waals surface area contributed by atoms with Gasteiger partial charge in [0.25, 0.3) is 0 Å². The number of hydrogen-bond donors (Lipinski definition) is 2. The normalized spacial score (nSPS) is 14.5. The minimum atomic E-state index is -3.18. The molecular formula is C20H23O3P. The predicted molar refractivity (Wildman–Crippen MR) is 101 cm³/mol. The number of aliphatic hydroxyl groups excluding tert-OH is 2. The first kappa shape index (κ1) is 18.4. The lowest BCUT2D eigenvalue weighted by Crippen LogP contribution is -2.34. The summed E-state index contributed by atoms with van der Waals surface area (Å²) in [5.74, 6) is 0. The summed E-state index contributed by atoms with van der Waals surface area (Å²) in [6.07, 6.45) is 2.19. The van der Waals surface area contributed by atoms with Crippen LogP contribution in [0.1, 0.15) is 6.92 Å². The van der Waals surface area contributed by atoms with Crippen LogP contribution in [0.5, 0.6) is 0 Å². The van der Waals surface area contributed by atoms with Gasteiger partial charge in [0, 0.05) is 10.6 Å². The van der Waals surface area contributed by atoms with Gasteiger partial charge in [-0.05, 0) is 6.92 Å². The van der Waals surface area contributed by atoms with E-state index in [2.05, 4.69) is 6.58 Å². The molecule has 2 atom stereocenters. The van der Waals surface area contributed by atoms with Crippen LogP contribution in [0.15, 0.2) is 85.0 Å². The molecule has 0 radical (unpaired) electrons. The van der Waals surface area contributed by atoms with Gasteiger partial charge in [-0.15, -0.1) is 0 Å². The van der Waals surface area contributed by atoms with Crippen LogP contribution >= 0.6 is 7.14 Å². The smallest absolute Gasteiger partial charge is 0.152 e. The second-order valence-electron chi connectivity index (χ2n) is 5.72. The molecule has 2 N–H and O–H groups in total. The Kier molecular flexibility index (Phi) is 6.33. The number of rotatable bonds is 7. The highest BCUT2D eigenvalue weighted by atomic mass is 31.2. The van der Waals surface area contributed by atoms with Crippen molar-refractivity contribution in [3.05, 3.63) is 85.0 Å². The van der Waals surface area contributed by atoms with E-state index < -0.39 is 18.9 Å². The van der Waals surface area contributed by atoms with Gasteiger partial charge >= 0.3 is 0 Å². The van der Waals surface area contributed by atoms with E-state index in [1.807, 2.05) is 60.7 Å². The molecule has 2 rings (SSSR count). The van der Waals surface area contributed by atoms with Crippen LogP contribution in [-0.2, 0) is 4.57 Å². The van der Waals surface area contributed by atoms with Crippen LogP contribution in [0.4, 0.5) is 0 Å². The molecule has 126 valence electrons. The fraction of sp³-hybridized carbons (Fsp3) is 0.200. The maximum absolute atomic E-state index is 14.2. The Morgan fingerprint density at radius 3 is 1.92 bits per heavy atom. The van der Waals surface area contributed by atoms with Crippen LogP contribution in [0.25, 0.3) is 0 Å². The van der Waals surface area contributed by atoms with Gasteiger partial charge in [-0.3, -0.25) is 0 Å². The SMILES string of the molecule is C=C(C)[C@@H](O)[C@H](/C=C/CO)P(=O)(c1ccccc1)c1ccccc1. The van der Waals surface area contributed by atoms with Crippen LogP contribution in [0.2, 0.25) is 0 Å². The molecule has 0 aliphatic heterocycles. The van der Waals surface area contributed by atoms with Crippen LogP contribution in [0.3, 0.4) is 0 Å². The van der Waals surface area contributed by atoms with Gasteiger partial charge < -0.3 is 14.8 Å². The third-order valence-corrected chi connectivity index (χ3v) is 7.39. The molecule has 0 unspecified atom stereocenters. The molecule has 0 aliphatic carbocycles. The van der Waals surface area contributed by atoms with Gasteiger partial charge in [-0.2, -0.15) is 0 Å². The molecule has 2 aromatic carbocycles. The van der Waals surface area contributed by atoms with Crippen molar-refractivity contribution in [1.29, 1.82) is 0 Å². The molecular weight excluding hydrogens is 319 g/mol. The lowest BCUT2D eigenvalue weighted by molar-refractivity contribution is 0.216. The average Bonchev–Trinajstić information content (AvgIpc) is 2.62. The average molecular weight is 342 g/mol. The summed E-state index contributed by atoms with van der Waals surface area (Å²) in [4.78, 5) is 0. The van der Waals surface area contributed by atoms with Gasteiger partial charge in [0.2, 0.25) is 0 Å². The van der Waals surface area contributed by atoms with Crippen LogP contribution in [0, 0.1) is 0 Å². The second-order valence-corrected chi connectivity index (χ2v) is 8.67. The van der Waals surface area contributed by atoms with Gasteiger partial charge in [0.15, 0.2) is 7.14 Å². The number of hydrogen-bond acceptors (Lipinski definition) is 3. The summed E-state index contributed by atoms with van der Waals surface area (Å²) in [7, 11) is -3.18. The third kappa shape index (κ3) is 3.76. The summed E-state index contributed by atoms with van der Waals surface area (Å²) in [5, 5.41) is 21.2. The molecule has 0 heterocycles. The molecule has 0 fully saturated rings. The fourth-order valence-corrected chi connectivity index (χ4v) is 5.94. The molecule has 0 aliphatic rings. The Bertz CT molecular complexity index is 694. The molecule has 0 saturated carbocycles. The second kappa shape index (κ2) is 8.25. The molecule has 2 aromatic rings. The van der Waals surface area contributed by atoms with Crippen molar-refractivity contribution in [2.45, 2.75) is 18.7 Å². The summed E-state index contributed by atoms with van der Waals surface area (Å²) in [6.45, 7) is 5.35. The quantitative estimate of drug-likeness (QED) is 0.601. The van der Waals surface area contributed by atoms with Gasteiger partial charge in [-0.25, -0.2) is 0 Å². The Morgan fingerprint density at radius 2 is 1.54 bits per heavy atom. The molecule has 0 bridgehead atoms. The molecule has 0 aromatic heterocycles. The van der Waals surface area contributed by atoms with Crippen molar-refractivity contribution >= 4 is 17.8 Å². The van der Waals surface area contributed by atoms with Crippen LogP contribution < -0.4 is 10.6 Å². The highest BCUT2D eigenvalue weighted by Crippen LogP contribution is 2.51. The topological polar surface area (TPSA) is 57.5 Å². The standard InChI is InChI=1S/C20H23O3P/c1-16(2)20(22)19(14-9-15-21)24(23,17-10-5-3-6-11-17)18-12-7-4-8-13-18/h3-14,19-22H,1,15H2,2H3/b14-9+/t19-,20+/m0/s1. The first-order chi connectivity index (χ1) is 11.5. The van der Waals surface area contributed by atoms with E-state index in [0.29, 0.717) is 16.2 Å². The zero-order valence-corrected chi connectivity index (χ0v) is 14.6. The Morgan fingerprint density at radius 1 is 1.08 bits per heavy atom. The zero-order chi connectivity index (χ0) is 17.6. The highest BCUT2D eigenvalue weighted by molar-refractivity contribution is 7.79. The molecule has 4 heteroatoms. The van der Waals surface area contributed by atoms with Crippen molar-refractivity contribution in [3.63, 3.8) is 0 Å². The Labute approximate surface area is 143 Å². The van der Waals surface area contributed by atoms with Gasteiger partial charge in [0.05, 0.1) is 18.4 Å². The van der Waals surface area contributed by atoms with E-state index in [-0.39, 0.29) is 6.61 Å². The lowest BCUT2D eigenvalue weighted by atomic mass is 10.1. The van der Waals surface area contributed by atoms with Crippen LogP contribution in [-0.4, -0.2) is 28.6 Å². The fourth-order valence-electron chi connectivity index (χ4n) is 2.71. The van der Waals surface area contributed by atoms with Gasteiger partial charge in [-0.1, -0.05) is 85.0 Å². The monoisotopic (exact) mass is 342 g/mol. The zero-order valence-electron chi connectivity index (χ0n) is 13.7. The van der Waals surface area contributed by atoms with Crippen molar-refractivity contribution in [3.8, 4) is 0 Å². The molecule has 0 amide bonds. The Hall–Kier alpha value is -1.93. The van der Waals surface area contributed by atoms with Crippen molar-refractivity contribution < 1.29 is 14.8 Å². The van der Waals surface area contributed by atoms with Gasteiger partial charge in [0.1, 0.15) is 0 Å². The third-order valence-electron chi connectivity index (χ3n) is 3.97. The molecule has 3 nitrogen and oxygen atoms in total.